The molecule has 1 aliphatic heterocycles. The molecule has 116 valence electrons. The third kappa shape index (κ3) is 3.67. The lowest BCUT2D eigenvalue weighted by Gasteiger charge is -2.32. The van der Waals surface area contributed by atoms with Crippen LogP contribution in [0, 0.1) is 5.92 Å². The molecule has 0 atom stereocenters. The van der Waals surface area contributed by atoms with E-state index >= 15 is 0 Å². The van der Waals surface area contributed by atoms with E-state index in [1.165, 1.54) is 44.2 Å². The summed E-state index contributed by atoms with van der Waals surface area (Å²) in [6.45, 7) is 9.30. The first-order valence-corrected chi connectivity index (χ1v) is 8.78. The number of benzene rings is 1. The molecule has 0 spiro atoms. The molecule has 1 aromatic rings. The van der Waals surface area contributed by atoms with E-state index in [1.54, 1.807) is 11.1 Å². The van der Waals surface area contributed by atoms with Gasteiger partial charge in [-0.3, -0.25) is 4.90 Å². The van der Waals surface area contributed by atoms with Crippen LogP contribution in [-0.4, -0.2) is 24.0 Å². The van der Waals surface area contributed by atoms with Gasteiger partial charge in [0.2, 0.25) is 0 Å². The standard InChI is InChI=1S/C19H30N2/c1-15(2)13-21(18-8-3-4-9-18)14-17-7-5-6-16-12-20-11-10-19(16)17/h5-7,15,18,20H,3-4,8-14H2,1-2H3. The zero-order valence-corrected chi connectivity index (χ0v) is 13.7. The predicted molar refractivity (Wildman–Crippen MR) is 89.4 cm³/mol. The first-order chi connectivity index (χ1) is 10.2. The van der Waals surface area contributed by atoms with Crippen molar-refractivity contribution in [1.82, 2.24) is 10.2 Å². The Kier molecular flexibility index (Phi) is 4.97. The Morgan fingerprint density at radius 2 is 2.05 bits per heavy atom. The fraction of sp³-hybridized carbons (Fsp3) is 0.684. The molecule has 0 radical (unpaired) electrons. The normalized spacial score (nSPS) is 19.4. The highest BCUT2D eigenvalue weighted by Crippen LogP contribution is 2.27. The van der Waals surface area contributed by atoms with Gasteiger partial charge in [0.05, 0.1) is 0 Å². The van der Waals surface area contributed by atoms with Gasteiger partial charge in [-0.1, -0.05) is 44.9 Å². The lowest BCUT2D eigenvalue weighted by Crippen LogP contribution is -2.36. The Labute approximate surface area is 129 Å². The zero-order chi connectivity index (χ0) is 14.7. The third-order valence-electron chi connectivity index (χ3n) is 5.05. The molecule has 1 aliphatic carbocycles. The summed E-state index contributed by atoms with van der Waals surface area (Å²) in [5.74, 6) is 0.756. The van der Waals surface area contributed by atoms with Gasteiger partial charge in [-0.05, 0) is 48.4 Å². The number of rotatable bonds is 5. The van der Waals surface area contributed by atoms with Crippen molar-refractivity contribution in [2.45, 2.75) is 65.1 Å². The van der Waals surface area contributed by atoms with Crippen LogP contribution in [0.3, 0.4) is 0 Å². The van der Waals surface area contributed by atoms with Crippen molar-refractivity contribution in [2.75, 3.05) is 13.1 Å². The molecule has 0 bridgehead atoms. The lowest BCUT2D eigenvalue weighted by atomic mass is 9.94. The smallest absolute Gasteiger partial charge is 0.0239 e. The Balaban J connectivity index is 1.78. The van der Waals surface area contributed by atoms with Crippen LogP contribution in [0.15, 0.2) is 18.2 Å². The van der Waals surface area contributed by atoms with Crippen molar-refractivity contribution in [1.29, 1.82) is 0 Å². The maximum absolute atomic E-state index is 3.50. The average Bonchev–Trinajstić information content (AvgIpc) is 3.01. The fourth-order valence-electron chi connectivity index (χ4n) is 4.06. The topological polar surface area (TPSA) is 15.3 Å². The fourth-order valence-corrected chi connectivity index (χ4v) is 4.06. The highest BCUT2D eigenvalue weighted by atomic mass is 15.2. The molecule has 1 fully saturated rings. The van der Waals surface area contributed by atoms with Gasteiger partial charge in [-0.2, -0.15) is 0 Å². The highest BCUT2D eigenvalue weighted by Gasteiger charge is 2.24. The van der Waals surface area contributed by atoms with Crippen LogP contribution in [0.25, 0.3) is 0 Å². The Hall–Kier alpha value is -0.860. The summed E-state index contributed by atoms with van der Waals surface area (Å²) < 4.78 is 0. The van der Waals surface area contributed by atoms with Crippen molar-refractivity contribution in [3.05, 3.63) is 34.9 Å². The van der Waals surface area contributed by atoms with E-state index in [2.05, 4.69) is 42.3 Å². The minimum atomic E-state index is 0.756. The van der Waals surface area contributed by atoms with Gasteiger partial charge in [0.25, 0.3) is 0 Å². The number of fused-ring (bicyclic) bond motifs is 1. The van der Waals surface area contributed by atoms with Crippen LogP contribution in [0.1, 0.15) is 56.2 Å². The molecular weight excluding hydrogens is 256 g/mol. The van der Waals surface area contributed by atoms with Crippen LogP contribution in [0.2, 0.25) is 0 Å². The number of nitrogens with one attached hydrogen (secondary N) is 1. The zero-order valence-electron chi connectivity index (χ0n) is 13.7. The van der Waals surface area contributed by atoms with E-state index in [-0.39, 0.29) is 0 Å². The van der Waals surface area contributed by atoms with Gasteiger partial charge in [0, 0.05) is 25.7 Å². The van der Waals surface area contributed by atoms with Crippen LogP contribution >= 0.6 is 0 Å². The Bertz CT molecular complexity index is 461. The molecule has 1 N–H and O–H groups in total. The summed E-state index contributed by atoms with van der Waals surface area (Å²) in [6, 6.07) is 7.74. The molecule has 0 aromatic heterocycles. The van der Waals surface area contributed by atoms with Gasteiger partial charge < -0.3 is 5.32 Å². The van der Waals surface area contributed by atoms with Crippen LogP contribution in [0.4, 0.5) is 0 Å². The second kappa shape index (κ2) is 6.93. The van der Waals surface area contributed by atoms with Gasteiger partial charge in [0.15, 0.2) is 0 Å². The van der Waals surface area contributed by atoms with Crippen molar-refractivity contribution in [2.24, 2.45) is 5.92 Å². The second-order valence-electron chi connectivity index (χ2n) is 7.24. The number of hydrogen-bond acceptors (Lipinski definition) is 2. The summed E-state index contributed by atoms with van der Waals surface area (Å²) in [5.41, 5.74) is 4.74. The van der Waals surface area contributed by atoms with Crippen LogP contribution in [-0.2, 0) is 19.5 Å². The molecule has 2 aliphatic rings. The average molecular weight is 286 g/mol. The maximum Gasteiger partial charge on any atom is 0.0239 e. The van der Waals surface area contributed by atoms with Crippen LogP contribution < -0.4 is 5.32 Å². The molecule has 1 heterocycles. The molecule has 2 nitrogen and oxygen atoms in total. The number of hydrogen-bond donors (Lipinski definition) is 1. The van der Waals surface area contributed by atoms with Crippen molar-refractivity contribution < 1.29 is 0 Å². The van der Waals surface area contributed by atoms with Crippen LogP contribution in [0.5, 0.6) is 0 Å². The quantitative estimate of drug-likeness (QED) is 0.887. The van der Waals surface area contributed by atoms with Gasteiger partial charge >= 0.3 is 0 Å². The van der Waals surface area contributed by atoms with Gasteiger partial charge in [-0.15, -0.1) is 0 Å². The minimum Gasteiger partial charge on any atom is -0.312 e. The Morgan fingerprint density at radius 1 is 1.24 bits per heavy atom. The van der Waals surface area contributed by atoms with Gasteiger partial charge in [-0.25, -0.2) is 0 Å². The van der Waals surface area contributed by atoms with Crippen molar-refractivity contribution in [3.63, 3.8) is 0 Å². The van der Waals surface area contributed by atoms with Crippen molar-refractivity contribution in [3.8, 4) is 0 Å². The largest absolute Gasteiger partial charge is 0.312 e. The van der Waals surface area contributed by atoms with E-state index in [0.717, 1.165) is 31.6 Å². The molecule has 21 heavy (non-hydrogen) atoms. The van der Waals surface area contributed by atoms with E-state index in [1.807, 2.05) is 0 Å². The third-order valence-corrected chi connectivity index (χ3v) is 5.05. The van der Waals surface area contributed by atoms with E-state index in [0.29, 0.717) is 0 Å². The van der Waals surface area contributed by atoms with E-state index in [4.69, 9.17) is 0 Å². The molecule has 2 heteroatoms. The molecule has 3 rings (SSSR count). The molecule has 0 unspecified atom stereocenters. The SMILES string of the molecule is CC(C)CN(Cc1cccc2c1CCNC2)C1CCCC1. The molecule has 1 aromatic carbocycles. The molecule has 0 amide bonds. The first-order valence-electron chi connectivity index (χ1n) is 8.78. The number of nitrogens with zero attached hydrogens (tertiary/aromatic N) is 1. The summed E-state index contributed by atoms with van der Waals surface area (Å²) in [7, 11) is 0. The molecule has 1 saturated carbocycles. The minimum absolute atomic E-state index is 0.756. The Morgan fingerprint density at radius 3 is 2.81 bits per heavy atom. The summed E-state index contributed by atoms with van der Waals surface area (Å²) in [6.07, 6.45) is 6.87. The van der Waals surface area contributed by atoms with E-state index < -0.39 is 0 Å². The second-order valence-corrected chi connectivity index (χ2v) is 7.24. The molecular formula is C19H30N2. The maximum atomic E-state index is 3.50. The van der Waals surface area contributed by atoms with E-state index in [9.17, 15) is 0 Å². The predicted octanol–water partition coefficient (Wildman–Crippen LogP) is 3.73. The summed E-state index contributed by atoms with van der Waals surface area (Å²) in [4.78, 5) is 2.77. The highest BCUT2D eigenvalue weighted by molar-refractivity contribution is 5.37. The van der Waals surface area contributed by atoms with Gasteiger partial charge in [0.1, 0.15) is 0 Å². The first kappa shape index (κ1) is 15.1. The summed E-state index contributed by atoms with van der Waals surface area (Å²) in [5, 5.41) is 3.50. The molecule has 0 saturated heterocycles. The lowest BCUT2D eigenvalue weighted by molar-refractivity contribution is 0.168. The monoisotopic (exact) mass is 286 g/mol. The summed E-state index contributed by atoms with van der Waals surface area (Å²) >= 11 is 0. The van der Waals surface area contributed by atoms with Crippen molar-refractivity contribution >= 4 is 0 Å².